The minimum absolute atomic E-state index is 0.0568. The lowest BCUT2D eigenvalue weighted by Gasteiger charge is -2.32. The summed E-state index contributed by atoms with van der Waals surface area (Å²) in [5, 5.41) is 3.49. The summed E-state index contributed by atoms with van der Waals surface area (Å²) >= 11 is 6.39. The second kappa shape index (κ2) is 12.3. The molecule has 0 spiro atoms. The van der Waals surface area contributed by atoms with Gasteiger partial charge in [-0.15, -0.1) is 11.6 Å². The number of ether oxygens (including phenoxy) is 1. The molecule has 3 rings (SSSR count). The van der Waals surface area contributed by atoms with Crippen molar-refractivity contribution in [2.24, 2.45) is 11.8 Å². The fourth-order valence-electron chi connectivity index (χ4n) is 4.72. The van der Waals surface area contributed by atoms with Crippen molar-refractivity contribution >= 4 is 17.4 Å². The number of alkyl halides is 1. The van der Waals surface area contributed by atoms with Crippen LogP contribution < -0.4 is 10.1 Å². The minimum Gasteiger partial charge on any atom is -0.493 e. The number of Topliss-reactive ketones (excluding diaryl/α,β-unsaturated/α-hetero) is 1. The number of nitrogens with one attached hydrogen (secondary N) is 1. The molecule has 0 amide bonds. The van der Waals surface area contributed by atoms with Crippen LogP contribution >= 0.6 is 11.6 Å². The van der Waals surface area contributed by atoms with E-state index in [0.29, 0.717) is 13.0 Å². The van der Waals surface area contributed by atoms with Crippen molar-refractivity contribution in [3.05, 3.63) is 88.9 Å². The molecular weight excluding hydrogens is 456 g/mol. The van der Waals surface area contributed by atoms with Crippen LogP contribution in [0, 0.1) is 11.8 Å². The molecule has 4 nitrogen and oxygen atoms in total. The Hall–Kier alpha value is -2.72. The molecule has 1 heterocycles. The molecule has 0 fully saturated rings. The van der Waals surface area contributed by atoms with Crippen molar-refractivity contribution in [3.8, 4) is 5.75 Å². The maximum atomic E-state index is 13.5. The molecule has 1 N–H and O–H groups in total. The largest absolute Gasteiger partial charge is 0.493 e. The fraction of sp³-hybridized carbons (Fsp3) is 0.433. The first kappa shape index (κ1) is 26.9. The van der Waals surface area contributed by atoms with Gasteiger partial charge >= 0.3 is 0 Å². The third kappa shape index (κ3) is 6.49. The number of benzene rings is 1. The van der Waals surface area contributed by atoms with E-state index in [9.17, 15) is 4.79 Å². The first-order valence-electron chi connectivity index (χ1n) is 12.6. The highest BCUT2D eigenvalue weighted by Crippen LogP contribution is 2.38. The van der Waals surface area contributed by atoms with Crippen LogP contribution in [0.2, 0.25) is 0 Å². The minimum atomic E-state index is -0.199. The van der Waals surface area contributed by atoms with Gasteiger partial charge in [0.25, 0.3) is 0 Å². The van der Waals surface area contributed by atoms with Gasteiger partial charge in [-0.25, -0.2) is 0 Å². The van der Waals surface area contributed by atoms with Crippen molar-refractivity contribution in [2.45, 2.75) is 58.9 Å². The summed E-state index contributed by atoms with van der Waals surface area (Å²) in [6, 6.07) is 7.93. The first-order valence-corrected chi connectivity index (χ1v) is 13.0. The van der Waals surface area contributed by atoms with Gasteiger partial charge in [-0.05, 0) is 43.9 Å². The normalized spacial score (nSPS) is 24.8. The maximum Gasteiger partial charge on any atom is 0.163 e. The molecule has 3 atom stereocenters. The van der Waals surface area contributed by atoms with Gasteiger partial charge in [0.05, 0.1) is 29.4 Å². The molecule has 0 radical (unpaired) electrons. The van der Waals surface area contributed by atoms with Crippen molar-refractivity contribution in [3.63, 3.8) is 0 Å². The molecule has 1 aliphatic heterocycles. The van der Waals surface area contributed by atoms with Crippen LogP contribution in [-0.4, -0.2) is 29.7 Å². The highest BCUT2D eigenvalue weighted by molar-refractivity contribution is 6.22. The van der Waals surface area contributed by atoms with Crippen molar-refractivity contribution in [1.82, 2.24) is 10.2 Å². The number of allylic oxidation sites excluding steroid dienone is 6. The van der Waals surface area contributed by atoms with E-state index in [1.165, 1.54) is 0 Å². The molecule has 188 valence electrons. The van der Waals surface area contributed by atoms with Crippen molar-refractivity contribution in [1.29, 1.82) is 0 Å². The zero-order chi connectivity index (χ0) is 25.5. The van der Waals surface area contributed by atoms with E-state index in [2.05, 4.69) is 68.4 Å². The van der Waals surface area contributed by atoms with Gasteiger partial charge in [-0.2, -0.15) is 0 Å². The lowest BCUT2D eigenvalue weighted by Crippen LogP contribution is -2.28. The van der Waals surface area contributed by atoms with Crippen LogP contribution in [0.3, 0.4) is 0 Å². The number of likely N-dealkylation sites (N-methyl/N-ethyl adjacent to an activating group) is 1. The summed E-state index contributed by atoms with van der Waals surface area (Å²) < 4.78 is 6.05. The predicted molar refractivity (Wildman–Crippen MR) is 146 cm³/mol. The number of hydrogen-bond donors (Lipinski definition) is 1. The van der Waals surface area contributed by atoms with Gasteiger partial charge in [0.15, 0.2) is 5.78 Å². The summed E-state index contributed by atoms with van der Waals surface area (Å²) in [5.41, 5.74) is 4.90. The van der Waals surface area contributed by atoms with Gasteiger partial charge in [-0.1, -0.05) is 69.4 Å². The number of hydrogen-bond acceptors (Lipinski definition) is 4. The number of nitrogens with zero attached hydrogens (tertiary/aromatic N) is 1. The molecule has 0 saturated carbocycles. The Morgan fingerprint density at radius 1 is 1.20 bits per heavy atom. The molecule has 1 aromatic rings. The summed E-state index contributed by atoms with van der Waals surface area (Å²) in [7, 11) is 2.07. The van der Waals surface area contributed by atoms with E-state index < -0.39 is 0 Å². The van der Waals surface area contributed by atoms with Crippen LogP contribution in [0.5, 0.6) is 5.75 Å². The Labute approximate surface area is 216 Å². The fourth-order valence-corrected chi connectivity index (χ4v) is 4.97. The Kier molecular flexibility index (Phi) is 9.45. The van der Waals surface area contributed by atoms with Crippen LogP contribution in [0.25, 0.3) is 0 Å². The highest BCUT2D eigenvalue weighted by atomic mass is 35.5. The van der Waals surface area contributed by atoms with E-state index >= 15 is 0 Å². The molecule has 0 bridgehead atoms. The molecule has 5 heteroatoms. The molecule has 1 aromatic carbocycles. The van der Waals surface area contributed by atoms with Gasteiger partial charge in [-0.3, -0.25) is 4.79 Å². The Balaban J connectivity index is 1.94. The standard InChI is InChI=1S/C30H39ClN2O2/c1-7-11-26-27(8-2)33(6)30(29(21(5)32-26)28(34)18-20(3)4)22-14-16-24(17-15-22)35-19-23-12-9-10-13-25(23)31/h8-17,20,23,25,30,32H,7,18-19H2,1-6H3/b26-11+,27-8+. The number of carbonyl (C=O) groups is 1. The second-order valence-corrected chi connectivity index (χ2v) is 10.2. The summed E-state index contributed by atoms with van der Waals surface area (Å²) in [6.45, 7) is 10.9. The third-order valence-electron chi connectivity index (χ3n) is 6.43. The summed E-state index contributed by atoms with van der Waals surface area (Å²) in [4.78, 5) is 15.7. The third-order valence-corrected chi connectivity index (χ3v) is 6.90. The number of carbonyl (C=O) groups excluding carboxylic acids is 1. The number of rotatable bonds is 8. The second-order valence-electron chi connectivity index (χ2n) is 9.66. The average Bonchev–Trinajstić information content (AvgIpc) is 2.92. The Morgan fingerprint density at radius 3 is 2.49 bits per heavy atom. The molecular formula is C30H39ClN2O2. The van der Waals surface area contributed by atoms with E-state index in [4.69, 9.17) is 16.3 Å². The van der Waals surface area contributed by atoms with Gasteiger partial charge in [0.1, 0.15) is 5.75 Å². The molecule has 3 unspecified atom stereocenters. The Bertz CT molecular complexity index is 1050. The van der Waals surface area contributed by atoms with Crippen molar-refractivity contribution < 1.29 is 9.53 Å². The van der Waals surface area contributed by atoms with E-state index in [-0.39, 0.29) is 29.0 Å². The topological polar surface area (TPSA) is 41.6 Å². The molecule has 0 saturated heterocycles. The van der Waals surface area contributed by atoms with Crippen molar-refractivity contribution in [2.75, 3.05) is 13.7 Å². The molecule has 1 aliphatic carbocycles. The average molecular weight is 495 g/mol. The molecule has 2 aliphatic rings. The molecule has 35 heavy (non-hydrogen) atoms. The Morgan fingerprint density at radius 2 is 1.89 bits per heavy atom. The SMILES string of the molecule is C/C=C1\C(=C/CC)NC(C)=C(C(=O)CC(C)C)C(c2ccc(OCC3C=CC=CC3Cl)cc2)N1C. The van der Waals surface area contributed by atoms with Crippen LogP contribution in [-0.2, 0) is 4.79 Å². The van der Waals surface area contributed by atoms with Crippen LogP contribution in [0.4, 0.5) is 0 Å². The zero-order valence-electron chi connectivity index (χ0n) is 21.8. The van der Waals surface area contributed by atoms with Gasteiger partial charge in [0, 0.05) is 30.7 Å². The number of halogens is 1. The maximum absolute atomic E-state index is 13.5. The monoisotopic (exact) mass is 494 g/mol. The lowest BCUT2D eigenvalue weighted by molar-refractivity contribution is -0.116. The van der Waals surface area contributed by atoms with E-state index in [1.807, 2.05) is 44.2 Å². The first-order chi connectivity index (χ1) is 16.8. The molecule has 0 aromatic heterocycles. The smallest absolute Gasteiger partial charge is 0.163 e. The predicted octanol–water partition coefficient (Wildman–Crippen LogP) is 7.08. The summed E-state index contributed by atoms with van der Waals surface area (Å²) in [5.74, 6) is 1.41. The summed E-state index contributed by atoms with van der Waals surface area (Å²) in [6.07, 6.45) is 13.8. The van der Waals surface area contributed by atoms with E-state index in [1.54, 1.807) is 0 Å². The highest BCUT2D eigenvalue weighted by Gasteiger charge is 2.33. The van der Waals surface area contributed by atoms with Gasteiger partial charge < -0.3 is 15.0 Å². The zero-order valence-corrected chi connectivity index (χ0v) is 22.6. The van der Waals surface area contributed by atoms with Gasteiger partial charge in [0.2, 0.25) is 0 Å². The van der Waals surface area contributed by atoms with Crippen LogP contribution in [0.15, 0.2) is 83.4 Å². The van der Waals surface area contributed by atoms with E-state index in [0.717, 1.165) is 40.4 Å². The lowest BCUT2D eigenvalue weighted by atomic mass is 9.89. The number of ketones is 1. The quantitative estimate of drug-likeness (QED) is 0.392. The van der Waals surface area contributed by atoms with Crippen LogP contribution in [0.1, 0.15) is 59.1 Å².